The maximum atomic E-state index is 13.0. The number of likely N-dealkylation sites (N-methyl/N-ethyl adjacent to an activating group) is 2. The summed E-state index contributed by atoms with van der Waals surface area (Å²) in [5, 5.41) is 0. The van der Waals surface area contributed by atoms with E-state index in [2.05, 4.69) is 48.2 Å². The van der Waals surface area contributed by atoms with E-state index in [1.165, 1.54) is 5.56 Å². The Morgan fingerprint density at radius 2 is 1.77 bits per heavy atom. The predicted molar refractivity (Wildman–Crippen MR) is 123 cm³/mol. The molecule has 0 radical (unpaired) electrons. The Morgan fingerprint density at radius 3 is 2.45 bits per heavy atom. The van der Waals surface area contributed by atoms with Crippen molar-refractivity contribution in [2.24, 2.45) is 5.41 Å². The lowest BCUT2D eigenvalue weighted by molar-refractivity contribution is -0.161. The van der Waals surface area contributed by atoms with E-state index in [0.29, 0.717) is 39.0 Å². The molecule has 0 spiro atoms. The van der Waals surface area contributed by atoms with Gasteiger partial charge in [-0.25, -0.2) is 0 Å². The number of piperazine rings is 1. The number of carbonyl (C=O) groups excluding carboxylic acids is 2. The van der Waals surface area contributed by atoms with Crippen molar-refractivity contribution >= 4 is 11.9 Å². The highest BCUT2D eigenvalue weighted by Gasteiger charge is 2.43. The molecule has 1 atom stereocenters. The van der Waals surface area contributed by atoms with Crippen molar-refractivity contribution in [2.45, 2.75) is 51.5 Å². The van der Waals surface area contributed by atoms with Crippen LogP contribution >= 0.6 is 0 Å². The number of nitrogens with zero attached hydrogens (tertiary/aromatic N) is 3. The lowest BCUT2D eigenvalue weighted by atomic mass is 9.74. The number of carbonyl (C=O) groups is 2. The number of hydrogen-bond donors (Lipinski definition) is 0. The van der Waals surface area contributed by atoms with Crippen molar-refractivity contribution in [1.82, 2.24) is 14.7 Å². The maximum absolute atomic E-state index is 13.0. The maximum Gasteiger partial charge on any atom is 0.312 e. The first kappa shape index (κ1) is 23.7. The van der Waals surface area contributed by atoms with Crippen molar-refractivity contribution in [3.8, 4) is 0 Å². The van der Waals surface area contributed by atoms with Gasteiger partial charge in [-0.15, -0.1) is 0 Å². The molecule has 0 bridgehead atoms. The monoisotopic (exact) mass is 429 g/mol. The van der Waals surface area contributed by atoms with Gasteiger partial charge in [0.2, 0.25) is 5.91 Å². The molecule has 1 amide bonds. The molecule has 6 heteroatoms. The summed E-state index contributed by atoms with van der Waals surface area (Å²) < 4.78 is 5.48. The second-order valence-corrected chi connectivity index (χ2v) is 9.32. The van der Waals surface area contributed by atoms with Gasteiger partial charge < -0.3 is 19.4 Å². The molecular formula is C25H39N3O3. The number of rotatable bonds is 8. The van der Waals surface area contributed by atoms with E-state index in [9.17, 15) is 9.59 Å². The highest BCUT2D eigenvalue weighted by molar-refractivity contribution is 5.79. The standard InChI is InChI=1S/C25H39N3O3/c1-4-31-24(30)25(12-8-11-21-9-6-5-7-10-21)13-15-28(16-14-25)23(29)19-22-20-26(2)17-18-27(22)3/h5-7,9-10,22H,4,8,11-20H2,1-3H3/t22-/m0/s1. The number of likely N-dealkylation sites (tertiary alicyclic amines) is 1. The van der Waals surface area contributed by atoms with Crippen LogP contribution in [0.2, 0.25) is 0 Å². The number of hydrogen-bond acceptors (Lipinski definition) is 5. The van der Waals surface area contributed by atoms with Gasteiger partial charge in [0.1, 0.15) is 0 Å². The lowest BCUT2D eigenvalue weighted by Gasteiger charge is -2.42. The van der Waals surface area contributed by atoms with Crippen molar-refractivity contribution in [3.05, 3.63) is 35.9 Å². The summed E-state index contributed by atoms with van der Waals surface area (Å²) in [5.41, 5.74) is 0.847. The Morgan fingerprint density at radius 1 is 1.06 bits per heavy atom. The summed E-state index contributed by atoms with van der Waals surface area (Å²) in [4.78, 5) is 32.5. The fraction of sp³-hybridized carbons (Fsp3) is 0.680. The molecule has 0 saturated carbocycles. The minimum atomic E-state index is -0.455. The summed E-state index contributed by atoms with van der Waals surface area (Å²) in [6.07, 6.45) is 4.70. The van der Waals surface area contributed by atoms with E-state index in [-0.39, 0.29) is 17.9 Å². The first-order valence-corrected chi connectivity index (χ1v) is 11.8. The van der Waals surface area contributed by atoms with Crippen LogP contribution in [0.5, 0.6) is 0 Å². The van der Waals surface area contributed by atoms with Crippen molar-refractivity contribution in [1.29, 1.82) is 0 Å². The fourth-order valence-corrected chi connectivity index (χ4v) is 4.95. The molecule has 31 heavy (non-hydrogen) atoms. The number of amides is 1. The summed E-state index contributed by atoms with van der Waals surface area (Å²) >= 11 is 0. The Balaban J connectivity index is 1.55. The highest BCUT2D eigenvalue weighted by Crippen LogP contribution is 2.38. The van der Waals surface area contributed by atoms with E-state index in [1.807, 2.05) is 17.9 Å². The third-order valence-corrected chi connectivity index (χ3v) is 7.14. The van der Waals surface area contributed by atoms with Crippen molar-refractivity contribution < 1.29 is 14.3 Å². The van der Waals surface area contributed by atoms with Crippen LogP contribution in [0.3, 0.4) is 0 Å². The Kier molecular flexibility index (Phi) is 8.50. The highest BCUT2D eigenvalue weighted by atomic mass is 16.5. The van der Waals surface area contributed by atoms with E-state index in [1.54, 1.807) is 0 Å². The molecule has 1 aromatic carbocycles. The summed E-state index contributed by atoms with van der Waals surface area (Å²) in [6.45, 7) is 6.56. The third kappa shape index (κ3) is 6.30. The van der Waals surface area contributed by atoms with Gasteiger partial charge in [-0.3, -0.25) is 9.59 Å². The Bertz CT molecular complexity index is 716. The molecule has 2 saturated heterocycles. The molecule has 0 aliphatic carbocycles. The minimum absolute atomic E-state index is 0.0798. The van der Waals surface area contributed by atoms with Gasteiger partial charge in [0.05, 0.1) is 12.0 Å². The van der Waals surface area contributed by atoms with Crippen LogP contribution in [0, 0.1) is 5.41 Å². The van der Waals surface area contributed by atoms with E-state index in [4.69, 9.17) is 4.74 Å². The summed E-state index contributed by atoms with van der Waals surface area (Å²) in [7, 11) is 4.23. The SMILES string of the molecule is CCOC(=O)C1(CCCc2ccccc2)CCN(C(=O)C[C@H]2CN(C)CCN2C)CC1. The number of esters is 1. The van der Waals surface area contributed by atoms with Crippen LogP contribution in [-0.2, 0) is 20.7 Å². The molecule has 2 fully saturated rings. The van der Waals surface area contributed by atoms with Gasteiger partial charge in [-0.05, 0) is 58.7 Å². The molecule has 0 N–H and O–H groups in total. The number of benzene rings is 1. The van der Waals surface area contributed by atoms with Crippen LogP contribution in [0.4, 0.5) is 0 Å². The van der Waals surface area contributed by atoms with E-state index in [0.717, 1.165) is 38.9 Å². The molecular weight excluding hydrogens is 390 g/mol. The van der Waals surface area contributed by atoms with Gasteiger partial charge in [0.25, 0.3) is 0 Å². The van der Waals surface area contributed by atoms with E-state index < -0.39 is 5.41 Å². The van der Waals surface area contributed by atoms with Crippen LogP contribution < -0.4 is 0 Å². The summed E-state index contributed by atoms with van der Waals surface area (Å²) in [5.74, 6) is 0.137. The second-order valence-electron chi connectivity index (χ2n) is 9.32. The zero-order valence-electron chi connectivity index (χ0n) is 19.5. The quantitative estimate of drug-likeness (QED) is 0.595. The molecule has 3 rings (SSSR count). The first-order valence-electron chi connectivity index (χ1n) is 11.8. The zero-order valence-corrected chi connectivity index (χ0v) is 19.5. The Hall–Kier alpha value is -1.92. The number of piperidine rings is 1. The topological polar surface area (TPSA) is 53.1 Å². The molecule has 6 nitrogen and oxygen atoms in total. The number of aryl methyl sites for hydroxylation is 1. The average Bonchev–Trinajstić information content (AvgIpc) is 2.77. The van der Waals surface area contributed by atoms with Gasteiger partial charge in [0, 0.05) is 45.2 Å². The van der Waals surface area contributed by atoms with Gasteiger partial charge in [-0.1, -0.05) is 30.3 Å². The molecule has 1 aromatic rings. The van der Waals surface area contributed by atoms with E-state index >= 15 is 0 Å². The third-order valence-electron chi connectivity index (χ3n) is 7.14. The smallest absolute Gasteiger partial charge is 0.312 e. The first-order chi connectivity index (χ1) is 14.9. The van der Waals surface area contributed by atoms with Crippen molar-refractivity contribution in [3.63, 3.8) is 0 Å². The normalized spacial score (nSPS) is 22.3. The van der Waals surface area contributed by atoms with Crippen LogP contribution in [-0.4, -0.2) is 86.0 Å². The largest absolute Gasteiger partial charge is 0.466 e. The predicted octanol–water partition coefficient (Wildman–Crippen LogP) is 2.82. The van der Waals surface area contributed by atoms with Crippen LogP contribution in [0.15, 0.2) is 30.3 Å². The zero-order chi connectivity index (χ0) is 22.3. The van der Waals surface area contributed by atoms with Gasteiger partial charge in [0.15, 0.2) is 0 Å². The number of ether oxygens (including phenoxy) is 1. The van der Waals surface area contributed by atoms with Crippen molar-refractivity contribution in [2.75, 3.05) is 53.4 Å². The molecule has 172 valence electrons. The minimum Gasteiger partial charge on any atom is -0.466 e. The molecule has 2 aliphatic heterocycles. The molecule has 0 aromatic heterocycles. The fourth-order valence-electron chi connectivity index (χ4n) is 4.95. The van der Waals surface area contributed by atoms with Crippen LogP contribution in [0.1, 0.15) is 44.6 Å². The molecule has 2 aliphatic rings. The average molecular weight is 430 g/mol. The van der Waals surface area contributed by atoms with Crippen LogP contribution in [0.25, 0.3) is 0 Å². The Labute approximate surface area is 187 Å². The van der Waals surface area contributed by atoms with Gasteiger partial charge >= 0.3 is 5.97 Å². The second kappa shape index (κ2) is 11.1. The van der Waals surface area contributed by atoms with Gasteiger partial charge in [-0.2, -0.15) is 0 Å². The summed E-state index contributed by atoms with van der Waals surface area (Å²) in [6, 6.07) is 10.7. The molecule has 0 unspecified atom stereocenters. The lowest BCUT2D eigenvalue weighted by Crippen LogP contribution is -2.53. The molecule has 2 heterocycles.